The van der Waals surface area contributed by atoms with Crippen LogP contribution in [0.25, 0.3) is 0 Å². The van der Waals surface area contributed by atoms with Crippen LogP contribution in [0.3, 0.4) is 0 Å². The quantitative estimate of drug-likeness (QED) is 0.466. The molecule has 0 radical (unpaired) electrons. The lowest BCUT2D eigenvalue weighted by Crippen LogP contribution is -2.51. The smallest absolute Gasteiger partial charge is 0.261 e. The molecule has 0 heterocycles. The highest BCUT2D eigenvalue weighted by molar-refractivity contribution is 5.88. The topological polar surface area (TPSA) is 67.9 Å². The minimum atomic E-state index is -0.839. The third-order valence-electron chi connectivity index (χ3n) is 5.34. The minimum absolute atomic E-state index is 0.0634. The highest BCUT2D eigenvalue weighted by Crippen LogP contribution is 2.19. The van der Waals surface area contributed by atoms with E-state index in [4.69, 9.17) is 9.47 Å². The molecule has 3 rings (SSSR count). The molecule has 1 atom stereocenters. The lowest BCUT2D eigenvalue weighted by atomic mass is 10.0. The predicted molar refractivity (Wildman–Crippen MR) is 128 cm³/mol. The van der Waals surface area contributed by atoms with E-state index in [0.29, 0.717) is 23.6 Å². The summed E-state index contributed by atoms with van der Waals surface area (Å²) >= 11 is 0. The molecule has 3 aromatic carbocycles. The highest BCUT2D eigenvalue weighted by Gasteiger charge is 2.31. The molecule has 3 aromatic rings. The molecule has 0 bridgehead atoms. The molecular weight excluding hydrogens is 435 g/mol. The first-order valence-corrected chi connectivity index (χ1v) is 11.1. The fourth-order valence-electron chi connectivity index (χ4n) is 3.56. The van der Waals surface area contributed by atoms with Crippen molar-refractivity contribution in [2.24, 2.45) is 0 Å². The number of hydrogen-bond donors (Lipinski definition) is 1. The fourth-order valence-corrected chi connectivity index (χ4v) is 3.56. The molecule has 0 aliphatic rings. The van der Waals surface area contributed by atoms with E-state index >= 15 is 0 Å². The molecule has 178 valence electrons. The monoisotopic (exact) mass is 464 g/mol. The van der Waals surface area contributed by atoms with E-state index in [1.807, 2.05) is 37.3 Å². The average Bonchev–Trinajstić information content (AvgIpc) is 2.86. The maximum Gasteiger partial charge on any atom is 0.261 e. The van der Waals surface area contributed by atoms with Crippen LogP contribution < -0.4 is 14.8 Å². The second kappa shape index (κ2) is 12.4. The van der Waals surface area contributed by atoms with Crippen LogP contribution >= 0.6 is 0 Å². The van der Waals surface area contributed by atoms with E-state index in [0.717, 1.165) is 5.56 Å². The minimum Gasteiger partial charge on any atom is -0.497 e. The van der Waals surface area contributed by atoms with Crippen molar-refractivity contribution in [3.05, 3.63) is 95.8 Å². The van der Waals surface area contributed by atoms with Crippen molar-refractivity contribution in [1.29, 1.82) is 0 Å². The lowest BCUT2D eigenvalue weighted by Gasteiger charge is -2.31. The van der Waals surface area contributed by atoms with Gasteiger partial charge >= 0.3 is 0 Å². The molecule has 2 amide bonds. The van der Waals surface area contributed by atoms with Gasteiger partial charge in [0.05, 0.1) is 7.11 Å². The van der Waals surface area contributed by atoms with E-state index < -0.39 is 17.8 Å². The van der Waals surface area contributed by atoms with Crippen LogP contribution in [-0.2, 0) is 22.6 Å². The number of methoxy groups -OCH3 is 1. The molecule has 0 unspecified atom stereocenters. The van der Waals surface area contributed by atoms with Gasteiger partial charge in [0.15, 0.2) is 6.61 Å². The standard InChI is InChI=1S/C27H29FN2O4/c1-3-29-27(32)25(17-20-9-5-4-6-10-20)30(18-21-11-7-8-12-24(21)28)26(31)19-34-23-15-13-22(33-2)14-16-23/h4-16,25H,3,17-19H2,1-2H3,(H,29,32)/t25-/m0/s1. The molecule has 7 heteroatoms. The lowest BCUT2D eigenvalue weighted by molar-refractivity contribution is -0.142. The number of nitrogens with one attached hydrogen (secondary N) is 1. The Morgan fingerprint density at radius 2 is 1.59 bits per heavy atom. The van der Waals surface area contributed by atoms with E-state index in [1.54, 1.807) is 49.6 Å². The van der Waals surface area contributed by atoms with Gasteiger partial charge in [0, 0.05) is 25.1 Å². The number of nitrogens with zero attached hydrogens (tertiary/aromatic N) is 1. The molecule has 0 aliphatic carbocycles. The summed E-state index contributed by atoms with van der Waals surface area (Å²) in [5, 5.41) is 2.81. The van der Waals surface area contributed by atoms with Gasteiger partial charge in [0.2, 0.25) is 5.91 Å². The van der Waals surface area contributed by atoms with Crippen LogP contribution in [0.5, 0.6) is 11.5 Å². The number of ether oxygens (including phenoxy) is 2. The zero-order chi connectivity index (χ0) is 24.3. The van der Waals surface area contributed by atoms with Crippen molar-refractivity contribution in [2.75, 3.05) is 20.3 Å². The Labute approximate surface area is 199 Å². The van der Waals surface area contributed by atoms with Crippen LogP contribution in [0.4, 0.5) is 4.39 Å². The average molecular weight is 465 g/mol. The first-order valence-electron chi connectivity index (χ1n) is 11.1. The Hall–Kier alpha value is -3.87. The Morgan fingerprint density at radius 1 is 0.941 bits per heavy atom. The van der Waals surface area contributed by atoms with Gasteiger partial charge in [-0.2, -0.15) is 0 Å². The molecule has 0 fully saturated rings. The zero-order valence-corrected chi connectivity index (χ0v) is 19.4. The van der Waals surface area contributed by atoms with Gasteiger partial charge in [-0.25, -0.2) is 4.39 Å². The third kappa shape index (κ3) is 6.81. The Balaban J connectivity index is 1.87. The van der Waals surface area contributed by atoms with E-state index in [9.17, 15) is 14.0 Å². The number of rotatable bonds is 11. The van der Waals surface area contributed by atoms with Gasteiger partial charge in [-0.3, -0.25) is 9.59 Å². The molecule has 34 heavy (non-hydrogen) atoms. The van der Waals surface area contributed by atoms with Gasteiger partial charge in [-0.1, -0.05) is 48.5 Å². The zero-order valence-electron chi connectivity index (χ0n) is 19.4. The molecule has 0 aromatic heterocycles. The summed E-state index contributed by atoms with van der Waals surface area (Å²) in [6.07, 6.45) is 0.287. The van der Waals surface area contributed by atoms with Crippen molar-refractivity contribution in [3.63, 3.8) is 0 Å². The molecule has 0 saturated heterocycles. The number of hydrogen-bond acceptors (Lipinski definition) is 4. The number of benzene rings is 3. The summed E-state index contributed by atoms with van der Waals surface area (Å²) in [7, 11) is 1.56. The first kappa shape index (κ1) is 24.8. The molecule has 6 nitrogen and oxygen atoms in total. The number of carbonyl (C=O) groups excluding carboxylic acids is 2. The summed E-state index contributed by atoms with van der Waals surface area (Å²) in [5.74, 6) is -0.0193. The largest absolute Gasteiger partial charge is 0.497 e. The van der Waals surface area contributed by atoms with Crippen molar-refractivity contribution in [3.8, 4) is 11.5 Å². The highest BCUT2D eigenvalue weighted by atomic mass is 19.1. The van der Waals surface area contributed by atoms with Crippen LogP contribution in [0.2, 0.25) is 0 Å². The maximum atomic E-state index is 14.5. The Morgan fingerprint density at radius 3 is 2.24 bits per heavy atom. The summed E-state index contributed by atoms with van der Waals surface area (Å²) in [4.78, 5) is 27.8. The van der Waals surface area contributed by atoms with Gasteiger partial charge in [0.1, 0.15) is 23.4 Å². The summed E-state index contributed by atoms with van der Waals surface area (Å²) in [5.41, 5.74) is 1.21. The number of likely N-dealkylation sites (N-methyl/N-ethyl adjacent to an activating group) is 1. The second-order valence-electron chi connectivity index (χ2n) is 7.68. The van der Waals surface area contributed by atoms with Crippen molar-refractivity contribution >= 4 is 11.8 Å². The Bertz CT molecular complexity index is 1070. The molecular formula is C27H29FN2O4. The predicted octanol–water partition coefficient (Wildman–Crippen LogP) is 3.99. The van der Waals surface area contributed by atoms with E-state index in [1.165, 1.54) is 11.0 Å². The number of amides is 2. The first-order chi connectivity index (χ1) is 16.5. The van der Waals surface area contributed by atoms with Crippen LogP contribution in [0, 0.1) is 5.82 Å². The number of carbonyl (C=O) groups is 2. The van der Waals surface area contributed by atoms with Crippen molar-refractivity contribution < 1.29 is 23.5 Å². The van der Waals surface area contributed by atoms with Crippen LogP contribution in [0.15, 0.2) is 78.9 Å². The van der Waals surface area contributed by atoms with E-state index in [2.05, 4.69) is 5.32 Å². The number of halogens is 1. The summed E-state index contributed by atoms with van der Waals surface area (Å²) in [6, 6.07) is 21.7. The summed E-state index contributed by atoms with van der Waals surface area (Å²) < 4.78 is 25.3. The van der Waals surface area contributed by atoms with Crippen LogP contribution in [-0.4, -0.2) is 43.0 Å². The van der Waals surface area contributed by atoms with Gasteiger partial charge in [-0.15, -0.1) is 0 Å². The molecule has 1 N–H and O–H groups in total. The van der Waals surface area contributed by atoms with Gasteiger partial charge in [-0.05, 0) is 42.8 Å². The molecule has 0 aliphatic heterocycles. The van der Waals surface area contributed by atoms with Gasteiger partial charge in [0.25, 0.3) is 5.91 Å². The SMILES string of the molecule is CCNC(=O)[C@H](Cc1ccccc1)N(Cc1ccccc1F)C(=O)COc1ccc(OC)cc1. The van der Waals surface area contributed by atoms with E-state index in [-0.39, 0.29) is 25.5 Å². The molecule has 0 saturated carbocycles. The van der Waals surface area contributed by atoms with Crippen LogP contribution in [0.1, 0.15) is 18.1 Å². The normalized spacial score (nSPS) is 11.4. The second-order valence-corrected chi connectivity index (χ2v) is 7.68. The fraction of sp³-hybridized carbons (Fsp3) is 0.259. The summed E-state index contributed by atoms with van der Waals surface area (Å²) in [6.45, 7) is 1.86. The van der Waals surface area contributed by atoms with Crippen molar-refractivity contribution in [1.82, 2.24) is 10.2 Å². The Kier molecular flexibility index (Phi) is 9.03. The molecule has 0 spiro atoms. The maximum absolute atomic E-state index is 14.5. The van der Waals surface area contributed by atoms with Gasteiger partial charge < -0.3 is 19.7 Å². The third-order valence-corrected chi connectivity index (χ3v) is 5.34. The van der Waals surface area contributed by atoms with Crippen molar-refractivity contribution in [2.45, 2.75) is 25.9 Å².